The van der Waals surface area contributed by atoms with Crippen molar-refractivity contribution in [3.63, 3.8) is 0 Å². The fourth-order valence-corrected chi connectivity index (χ4v) is 1.41. The summed E-state index contributed by atoms with van der Waals surface area (Å²) in [5.41, 5.74) is 0.700. The fraction of sp³-hybridized carbons (Fsp3) is 0.429. The van der Waals surface area contributed by atoms with Gasteiger partial charge in [0.15, 0.2) is 0 Å². The summed E-state index contributed by atoms with van der Waals surface area (Å²) in [6.07, 6.45) is -0.113. The summed E-state index contributed by atoms with van der Waals surface area (Å²) < 4.78 is 5.73. The van der Waals surface area contributed by atoms with Crippen molar-refractivity contribution in [2.24, 2.45) is 0 Å². The van der Waals surface area contributed by atoms with Crippen molar-refractivity contribution in [1.82, 2.24) is 5.32 Å². The summed E-state index contributed by atoms with van der Waals surface area (Å²) in [5.74, 6) is 0.508. The SMILES string of the molecule is CC(C)(C)Oc1cccc(CNC(=O)CC#N)c1. The van der Waals surface area contributed by atoms with E-state index in [1.54, 1.807) is 0 Å². The minimum atomic E-state index is -0.264. The van der Waals surface area contributed by atoms with Crippen molar-refractivity contribution in [1.29, 1.82) is 5.26 Å². The molecule has 0 radical (unpaired) electrons. The van der Waals surface area contributed by atoms with Gasteiger partial charge in [0.25, 0.3) is 0 Å². The smallest absolute Gasteiger partial charge is 0.234 e. The lowest BCUT2D eigenvalue weighted by atomic mass is 10.1. The quantitative estimate of drug-likeness (QED) is 0.887. The number of rotatable bonds is 4. The molecule has 0 bridgehead atoms. The van der Waals surface area contributed by atoms with Gasteiger partial charge < -0.3 is 10.1 Å². The molecule has 1 aromatic rings. The van der Waals surface area contributed by atoms with Crippen LogP contribution < -0.4 is 10.1 Å². The second-order valence-electron chi connectivity index (χ2n) is 4.97. The third-order valence-electron chi connectivity index (χ3n) is 2.05. The molecule has 4 heteroatoms. The molecule has 1 aromatic carbocycles. The molecule has 0 aliphatic rings. The Balaban J connectivity index is 2.60. The highest BCUT2D eigenvalue weighted by Crippen LogP contribution is 2.19. The molecule has 0 aromatic heterocycles. The van der Waals surface area contributed by atoms with Crippen LogP contribution in [-0.2, 0) is 11.3 Å². The highest BCUT2D eigenvalue weighted by atomic mass is 16.5. The number of carbonyl (C=O) groups excluding carboxylic acids is 1. The van der Waals surface area contributed by atoms with Crippen LogP contribution in [0.4, 0.5) is 0 Å². The normalized spacial score (nSPS) is 10.6. The van der Waals surface area contributed by atoms with Crippen LogP contribution in [0.15, 0.2) is 24.3 Å². The van der Waals surface area contributed by atoms with Crippen molar-refractivity contribution in [3.8, 4) is 11.8 Å². The summed E-state index contributed by atoms with van der Waals surface area (Å²) >= 11 is 0. The van der Waals surface area contributed by atoms with E-state index in [-0.39, 0.29) is 17.9 Å². The molecule has 0 aliphatic carbocycles. The number of benzene rings is 1. The average molecular weight is 246 g/mol. The number of hydrogen-bond acceptors (Lipinski definition) is 3. The first-order valence-electron chi connectivity index (χ1n) is 5.82. The molecule has 1 rings (SSSR count). The Bertz CT molecular complexity index is 456. The minimum Gasteiger partial charge on any atom is -0.488 e. The Morgan fingerprint density at radius 3 is 2.78 bits per heavy atom. The van der Waals surface area contributed by atoms with Crippen LogP contribution in [0.1, 0.15) is 32.8 Å². The van der Waals surface area contributed by atoms with Gasteiger partial charge >= 0.3 is 0 Å². The Kier molecular flexibility index (Phi) is 4.73. The zero-order valence-electron chi connectivity index (χ0n) is 11.0. The average Bonchev–Trinajstić information content (AvgIpc) is 2.25. The van der Waals surface area contributed by atoms with Gasteiger partial charge in [-0.05, 0) is 38.5 Å². The van der Waals surface area contributed by atoms with Gasteiger partial charge in [-0.2, -0.15) is 5.26 Å². The number of nitriles is 1. The van der Waals surface area contributed by atoms with Gasteiger partial charge in [0.2, 0.25) is 5.91 Å². The van der Waals surface area contributed by atoms with Crippen molar-refractivity contribution in [2.45, 2.75) is 39.3 Å². The first-order chi connectivity index (χ1) is 8.40. The predicted octanol–water partition coefficient (Wildman–Crippen LogP) is 2.39. The largest absolute Gasteiger partial charge is 0.488 e. The number of amides is 1. The van der Waals surface area contributed by atoms with E-state index in [0.29, 0.717) is 6.54 Å². The molecule has 0 atom stereocenters. The monoisotopic (exact) mass is 246 g/mol. The molecule has 0 heterocycles. The van der Waals surface area contributed by atoms with Crippen LogP contribution in [0.2, 0.25) is 0 Å². The third kappa shape index (κ3) is 5.35. The fourth-order valence-electron chi connectivity index (χ4n) is 1.41. The van der Waals surface area contributed by atoms with Gasteiger partial charge in [-0.25, -0.2) is 0 Å². The van der Waals surface area contributed by atoms with Gasteiger partial charge in [-0.15, -0.1) is 0 Å². The molecular weight excluding hydrogens is 228 g/mol. The van der Waals surface area contributed by atoms with E-state index < -0.39 is 0 Å². The number of hydrogen-bond donors (Lipinski definition) is 1. The third-order valence-corrected chi connectivity index (χ3v) is 2.05. The van der Waals surface area contributed by atoms with Crippen LogP contribution in [0.25, 0.3) is 0 Å². The molecule has 0 spiro atoms. The molecule has 4 nitrogen and oxygen atoms in total. The zero-order valence-corrected chi connectivity index (χ0v) is 11.0. The minimum absolute atomic E-state index is 0.113. The Hall–Kier alpha value is -2.02. The molecular formula is C14H18N2O2. The number of carbonyl (C=O) groups is 1. The second kappa shape index (κ2) is 6.06. The van der Waals surface area contributed by atoms with E-state index in [4.69, 9.17) is 10.00 Å². The van der Waals surface area contributed by atoms with E-state index in [1.807, 2.05) is 51.1 Å². The number of nitrogens with zero attached hydrogens (tertiary/aromatic N) is 1. The first-order valence-corrected chi connectivity index (χ1v) is 5.82. The van der Waals surface area contributed by atoms with Gasteiger partial charge in [-0.3, -0.25) is 4.79 Å². The summed E-state index contributed by atoms with van der Waals surface area (Å²) in [4.78, 5) is 11.2. The Morgan fingerprint density at radius 2 is 2.17 bits per heavy atom. The van der Waals surface area contributed by atoms with Crippen molar-refractivity contribution >= 4 is 5.91 Å². The molecule has 0 saturated heterocycles. The molecule has 1 N–H and O–H groups in total. The van der Waals surface area contributed by atoms with Crippen molar-refractivity contribution < 1.29 is 9.53 Å². The molecule has 96 valence electrons. The standard InChI is InChI=1S/C14H18N2O2/c1-14(2,3)18-12-6-4-5-11(9-12)10-16-13(17)7-8-15/h4-6,9H,7,10H2,1-3H3,(H,16,17). The van der Waals surface area contributed by atoms with Crippen LogP contribution in [0.3, 0.4) is 0 Å². The van der Waals surface area contributed by atoms with Crippen molar-refractivity contribution in [2.75, 3.05) is 0 Å². The summed E-state index contributed by atoms with van der Waals surface area (Å²) in [5, 5.41) is 11.0. The molecule has 1 amide bonds. The maximum absolute atomic E-state index is 11.2. The van der Waals surface area contributed by atoms with Crippen LogP contribution >= 0.6 is 0 Å². The van der Waals surface area contributed by atoms with E-state index in [9.17, 15) is 4.79 Å². The van der Waals surface area contributed by atoms with Crippen LogP contribution in [0, 0.1) is 11.3 Å². The molecule has 0 fully saturated rings. The van der Waals surface area contributed by atoms with Crippen LogP contribution in [-0.4, -0.2) is 11.5 Å². The summed E-state index contributed by atoms with van der Waals surface area (Å²) in [7, 11) is 0. The lowest BCUT2D eigenvalue weighted by Crippen LogP contribution is -2.23. The van der Waals surface area contributed by atoms with Crippen LogP contribution in [0.5, 0.6) is 5.75 Å². The summed E-state index contributed by atoms with van der Waals surface area (Å²) in [6.45, 7) is 6.35. The highest BCUT2D eigenvalue weighted by Gasteiger charge is 2.11. The van der Waals surface area contributed by atoms with E-state index in [1.165, 1.54) is 0 Å². The number of nitrogens with one attached hydrogen (secondary N) is 1. The Morgan fingerprint density at radius 1 is 1.44 bits per heavy atom. The lowest BCUT2D eigenvalue weighted by Gasteiger charge is -2.21. The van der Waals surface area contributed by atoms with Gasteiger partial charge in [0.05, 0.1) is 6.07 Å². The molecule has 18 heavy (non-hydrogen) atoms. The van der Waals surface area contributed by atoms with Crippen molar-refractivity contribution in [3.05, 3.63) is 29.8 Å². The van der Waals surface area contributed by atoms with Gasteiger partial charge in [-0.1, -0.05) is 12.1 Å². The van der Waals surface area contributed by atoms with E-state index >= 15 is 0 Å². The second-order valence-corrected chi connectivity index (χ2v) is 4.97. The highest BCUT2D eigenvalue weighted by molar-refractivity contribution is 5.77. The maximum Gasteiger partial charge on any atom is 0.234 e. The Labute approximate surface area is 108 Å². The van der Waals surface area contributed by atoms with Gasteiger partial charge in [0.1, 0.15) is 17.8 Å². The molecule has 0 saturated carbocycles. The maximum atomic E-state index is 11.2. The predicted molar refractivity (Wildman–Crippen MR) is 68.9 cm³/mol. The van der Waals surface area contributed by atoms with Gasteiger partial charge in [0, 0.05) is 6.54 Å². The van der Waals surface area contributed by atoms with E-state index in [0.717, 1.165) is 11.3 Å². The molecule has 0 unspecified atom stereocenters. The number of ether oxygens (including phenoxy) is 1. The topological polar surface area (TPSA) is 62.1 Å². The van der Waals surface area contributed by atoms with E-state index in [2.05, 4.69) is 5.32 Å². The zero-order chi connectivity index (χ0) is 13.6. The molecule has 0 aliphatic heterocycles. The first kappa shape index (κ1) is 14.0. The lowest BCUT2D eigenvalue weighted by molar-refractivity contribution is -0.120. The summed E-state index contributed by atoms with van der Waals surface area (Å²) in [6, 6.07) is 9.36.